The van der Waals surface area contributed by atoms with E-state index in [9.17, 15) is 19.2 Å². The summed E-state index contributed by atoms with van der Waals surface area (Å²) in [5.74, 6) is -0.606. The minimum atomic E-state index is -3.95. The molecule has 6 nitrogen and oxygen atoms in total. The van der Waals surface area contributed by atoms with E-state index in [1.54, 1.807) is 60.7 Å². The van der Waals surface area contributed by atoms with E-state index in [0.29, 0.717) is 17.5 Å². The molecule has 2 aromatic rings. The summed E-state index contributed by atoms with van der Waals surface area (Å²) in [5.41, 5.74) is 0.0849. The highest BCUT2D eigenvalue weighted by Crippen LogP contribution is 2.13. The molecule has 0 aliphatic rings. The molecule has 1 atom stereocenters. The van der Waals surface area contributed by atoms with E-state index in [-0.39, 0.29) is 23.9 Å². The van der Waals surface area contributed by atoms with Crippen LogP contribution in [0, 0.1) is 5.92 Å². The Morgan fingerprint density at radius 3 is 1.85 bits per heavy atom. The Hall–Kier alpha value is -2.48. The van der Waals surface area contributed by atoms with Crippen LogP contribution in [0.25, 0.3) is 0 Å². The number of amides is 2. The fourth-order valence-corrected chi connectivity index (χ4v) is 4.57. The van der Waals surface area contributed by atoms with Gasteiger partial charge >= 0.3 is 8.56 Å². The number of carbonyl (C=O) groups is 2. The van der Waals surface area contributed by atoms with Crippen molar-refractivity contribution in [2.45, 2.75) is 25.9 Å². The topological polar surface area (TPSA) is 98.7 Å². The predicted octanol–water partition coefficient (Wildman–Crippen LogP) is 1.77. The van der Waals surface area contributed by atoms with E-state index in [0.717, 1.165) is 0 Å². The fourth-order valence-electron chi connectivity index (χ4n) is 2.69. The number of benzene rings is 2. The van der Waals surface area contributed by atoms with Gasteiger partial charge in [-0.15, -0.1) is 0 Å². The van der Waals surface area contributed by atoms with Crippen molar-refractivity contribution >= 4 is 20.4 Å². The Morgan fingerprint density at radius 1 is 0.889 bits per heavy atom. The first-order chi connectivity index (χ1) is 12.8. The molecule has 0 radical (unpaired) electrons. The molecule has 0 bridgehead atoms. The summed E-state index contributed by atoms with van der Waals surface area (Å²) in [6.07, 6.45) is 0.131. The summed E-state index contributed by atoms with van der Waals surface area (Å²) in [7, 11) is -3.95. The van der Waals surface area contributed by atoms with Crippen LogP contribution in [-0.2, 0) is 0 Å². The maximum absolute atomic E-state index is 12.4. The SMILES string of the molecule is CC(C)CC(NC(=O)c1ccccc1)[Si](O)(O)CNC(=O)c1ccccc1. The van der Waals surface area contributed by atoms with Gasteiger partial charge in [0.25, 0.3) is 11.8 Å². The highest BCUT2D eigenvalue weighted by Gasteiger charge is 2.41. The zero-order chi connectivity index (χ0) is 19.9. The second-order valence-electron chi connectivity index (χ2n) is 6.95. The zero-order valence-corrected chi connectivity index (χ0v) is 16.6. The summed E-state index contributed by atoms with van der Waals surface area (Å²) in [4.78, 5) is 46.0. The van der Waals surface area contributed by atoms with Gasteiger partial charge < -0.3 is 20.2 Å². The Morgan fingerprint density at radius 2 is 1.37 bits per heavy atom. The average molecular weight is 387 g/mol. The smallest absolute Gasteiger partial charge is 0.375 e. The first-order valence-electron chi connectivity index (χ1n) is 8.93. The summed E-state index contributed by atoms with van der Waals surface area (Å²) >= 11 is 0. The zero-order valence-electron chi connectivity index (χ0n) is 15.6. The van der Waals surface area contributed by atoms with Crippen molar-refractivity contribution in [3.8, 4) is 0 Å². The second kappa shape index (κ2) is 9.45. The van der Waals surface area contributed by atoms with Gasteiger partial charge in [-0.1, -0.05) is 50.2 Å². The van der Waals surface area contributed by atoms with Crippen LogP contribution in [0.15, 0.2) is 60.7 Å². The van der Waals surface area contributed by atoms with Crippen LogP contribution in [-0.4, -0.2) is 41.8 Å². The molecule has 0 spiro atoms. The molecule has 0 aliphatic heterocycles. The maximum Gasteiger partial charge on any atom is 0.375 e. The number of rotatable bonds is 8. The Kier molecular flexibility index (Phi) is 7.29. The highest BCUT2D eigenvalue weighted by molar-refractivity contribution is 6.67. The third-order valence-electron chi connectivity index (χ3n) is 4.15. The molecule has 0 saturated carbocycles. The molecule has 4 N–H and O–H groups in total. The fraction of sp³-hybridized carbons (Fsp3) is 0.300. The van der Waals surface area contributed by atoms with E-state index >= 15 is 0 Å². The third kappa shape index (κ3) is 6.32. The predicted molar refractivity (Wildman–Crippen MR) is 106 cm³/mol. The molecule has 1 unspecified atom stereocenters. The second-order valence-corrected chi connectivity index (χ2v) is 9.76. The molecule has 2 aromatic carbocycles. The van der Waals surface area contributed by atoms with Crippen molar-refractivity contribution in [3.05, 3.63) is 71.8 Å². The molecule has 0 aliphatic carbocycles. The monoisotopic (exact) mass is 386 g/mol. The van der Waals surface area contributed by atoms with Gasteiger partial charge in [0.15, 0.2) is 0 Å². The van der Waals surface area contributed by atoms with Gasteiger partial charge in [0.2, 0.25) is 0 Å². The van der Waals surface area contributed by atoms with Crippen molar-refractivity contribution in [2.24, 2.45) is 5.92 Å². The van der Waals surface area contributed by atoms with E-state index in [2.05, 4.69) is 10.6 Å². The van der Waals surface area contributed by atoms with Crippen molar-refractivity contribution < 1.29 is 19.2 Å². The van der Waals surface area contributed by atoms with Crippen LogP contribution in [0.2, 0.25) is 0 Å². The molecular formula is C20H26N2O4Si. The number of carbonyl (C=O) groups excluding carboxylic acids is 2. The standard InChI is InChI=1S/C20H26N2O4Si/c1-15(2)13-18(22-20(24)17-11-7-4-8-12-17)27(25,26)14-21-19(23)16-9-5-3-6-10-16/h3-12,15,18,25-26H,13-14H2,1-2H3,(H,21,23)(H,22,24). The molecule has 2 amide bonds. The molecule has 144 valence electrons. The molecule has 27 heavy (non-hydrogen) atoms. The van der Waals surface area contributed by atoms with Crippen molar-refractivity contribution in [3.63, 3.8) is 0 Å². The van der Waals surface area contributed by atoms with E-state index in [1.807, 2.05) is 13.8 Å². The molecule has 0 heterocycles. The van der Waals surface area contributed by atoms with Crippen LogP contribution >= 0.6 is 0 Å². The lowest BCUT2D eigenvalue weighted by Crippen LogP contribution is -2.63. The summed E-state index contributed by atoms with van der Waals surface area (Å²) in [5, 5.41) is 5.32. The largest absolute Gasteiger partial charge is 0.409 e. The normalized spacial score (nSPS) is 12.5. The van der Waals surface area contributed by atoms with Crippen LogP contribution in [0.5, 0.6) is 0 Å². The van der Waals surface area contributed by atoms with E-state index in [1.165, 1.54) is 0 Å². The van der Waals surface area contributed by atoms with Crippen LogP contribution in [0.3, 0.4) is 0 Å². The lowest BCUT2D eigenvalue weighted by Gasteiger charge is -2.30. The van der Waals surface area contributed by atoms with Gasteiger partial charge in [-0.3, -0.25) is 9.59 Å². The molecule has 0 aromatic heterocycles. The maximum atomic E-state index is 12.4. The molecular weight excluding hydrogens is 360 g/mol. The minimum absolute atomic E-state index is 0.141. The van der Waals surface area contributed by atoms with Gasteiger partial charge in [0.05, 0.1) is 11.8 Å². The van der Waals surface area contributed by atoms with Crippen molar-refractivity contribution in [2.75, 3.05) is 6.17 Å². The van der Waals surface area contributed by atoms with Crippen LogP contribution in [0.4, 0.5) is 0 Å². The Balaban J connectivity index is 2.06. The van der Waals surface area contributed by atoms with E-state index in [4.69, 9.17) is 0 Å². The van der Waals surface area contributed by atoms with Gasteiger partial charge in [-0.25, -0.2) is 0 Å². The highest BCUT2D eigenvalue weighted by atomic mass is 28.4. The molecule has 0 saturated heterocycles. The Labute approximate surface area is 160 Å². The average Bonchev–Trinajstić information content (AvgIpc) is 2.66. The van der Waals surface area contributed by atoms with Crippen molar-refractivity contribution in [1.29, 1.82) is 0 Å². The summed E-state index contributed by atoms with van der Waals surface area (Å²) < 4.78 is 0. The lowest BCUT2D eigenvalue weighted by molar-refractivity contribution is 0.0934. The third-order valence-corrected chi connectivity index (χ3v) is 6.34. The quantitative estimate of drug-likeness (QED) is 0.520. The molecule has 2 rings (SSSR count). The van der Waals surface area contributed by atoms with Crippen LogP contribution in [0.1, 0.15) is 41.0 Å². The van der Waals surface area contributed by atoms with Gasteiger partial charge in [-0.2, -0.15) is 0 Å². The summed E-state index contributed by atoms with van der Waals surface area (Å²) in [6, 6.07) is 17.2. The van der Waals surface area contributed by atoms with Crippen LogP contribution < -0.4 is 10.6 Å². The van der Waals surface area contributed by atoms with E-state index < -0.39 is 14.2 Å². The number of nitrogens with one attached hydrogen (secondary N) is 2. The first kappa shape index (κ1) is 20.8. The lowest BCUT2D eigenvalue weighted by atomic mass is 10.1. The summed E-state index contributed by atoms with van der Waals surface area (Å²) in [6.45, 7) is 3.88. The minimum Gasteiger partial charge on any atom is -0.409 e. The van der Waals surface area contributed by atoms with Gasteiger partial charge in [-0.05, 0) is 36.6 Å². The van der Waals surface area contributed by atoms with Gasteiger partial charge in [0, 0.05) is 11.1 Å². The number of hydrogen-bond acceptors (Lipinski definition) is 4. The molecule has 7 heteroatoms. The first-order valence-corrected chi connectivity index (χ1v) is 11.1. The van der Waals surface area contributed by atoms with Gasteiger partial charge in [0.1, 0.15) is 0 Å². The Bertz CT molecular complexity index is 751. The number of hydrogen-bond donors (Lipinski definition) is 4. The van der Waals surface area contributed by atoms with Crippen molar-refractivity contribution in [1.82, 2.24) is 10.6 Å². The molecule has 0 fully saturated rings.